The van der Waals surface area contributed by atoms with E-state index in [1.165, 1.54) is 73.3 Å². The van der Waals surface area contributed by atoms with Gasteiger partial charge in [-0.05, 0) is 71.1 Å². The maximum absolute atomic E-state index is 7.50. The van der Waals surface area contributed by atoms with E-state index in [0.29, 0.717) is 0 Å². The van der Waals surface area contributed by atoms with E-state index in [1.807, 2.05) is 0 Å². The van der Waals surface area contributed by atoms with Crippen LogP contribution >= 0.6 is 0 Å². The SMILES string of the molecule is C[C]1[C](C)[C](C)[C](C)[C]1C.C[Si](C)C.Cc1cc(C)c([Si]c2c(C)cc(C)cc2C)c(C)c1.[C-]#[O+].[C-]#[O+].[Mo]. The van der Waals surface area contributed by atoms with Crippen LogP contribution in [0.4, 0.5) is 0 Å². The summed E-state index contributed by atoms with van der Waals surface area (Å²) >= 11 is 0. The first kappa shape index (κ1) is 41.5. The van der Waals surface area contributed by atoms with E-state index in [9.17, 15) is 0 Å². The van der Waals surface area contributed by atoms with Crippen molar-refractivity contribution in [3.63, 3.8) is 0 Å². The van der Waals surface area contributed by atoms with Crippen molar-refractivity contribution in [3.8, 4) is 0 Å². The summed E-state index contributed by atoms with van der Waals surface area (Å²) < 4.78 is 15.0. The zero-order valence-corrected chi connectivity index (χ0v) is 30.0. The van der Waals surface area contributed by atoms with E-state index < -0.39 is 0 Å². The molecule has 2 aromatic carbocycles. The molecule has 5 heteroatoms. The number of rotatable bonds is 2. The van der Waals surface area contributed by atoms with Gasteiger partial charge in [0.15, 0.2) is 0 Å². The molecule has 0 unspecified atom stereocenters. The summed E-state index contributed by atoms with van der Waals surface area (Å²) in [6, 6.07) is 9.20. The predicted molar refractivity (Wildman–Crippen MR) is 162 cm³/mol. The van der Waals surface area contributed by atoms with Crippen LogP contribution in [-0.2, 0) is 30.4 Å². The predicted octanol–water partition coefficient (Wildman–Crippen LogP) is 7.46. The molecule has 0 N–H and O–H groups in total. The zero-order valence-electron chi connectivity index (χ0n) is 26.0. The van der Waals surface area contributed by atoms with Gasteiger partial charge in [-0.15, -0.1) is 0 Å². The molecule has 0 heterocycles. The van der Waals surface area contributed by atoms with Gasteiger partial charge in [-0.1, -0.05) is 122 Å². The van der Waals surface area contributed by atoms with Gasteiger partial charge in [0.1, 0.15) is 9.52 Å². The third kappa shape index (κ3) is 13.4. The molecule has 0 amide bonds. The Morgan fingerprint density at radius 3 is 0.789 bits per heavy atom. The van der Waals surface area contributed by atoms with Crippen LogP contribution in [0.1, 0.15) is 68.0 Å². The minimum atomic E-state index is 0. The van der Waals surface area contributed by atoms with Crippen molar-refractivity contribution in [1.82, 2.24) is 0 Å². The number of aryl methyl sites for hydroxylation is 6. The average Bonchev–Trinajstić information content (AvgIpc) is 2.98. The fourth-order valence-electron chi connectivity index (χ4n) is 4.29. The van der Waals surface area contributed by atoms with Gasteiger partial charge in [0.2, 0.25) is 0 Å². The maximum atomic E-state index is 7.50. The minimum absolute atomic E-state index is 0. The molecule has 0 saturated heterocycles. The molecular formula is C33H46MoO2Si2. The summed E-state index contributed by atoms with van der Waals surface area (Å²) in [4.78, 5) is 0. The zero-order chi connectivity index (χ0) is 29.6. The molecule has 8 radical (unpaired) electrons. The Morgan fingerprint density at radius 1 is 0.474 bits per heavy atom. The van der Waals surface area contributed by atoms with Gasteiger partial charge in [-0.2, -0.15) is 0 Å². The molecule has 1 saturated carbocycles. The van der Waals surface area contributed by atoms with Gasteiger partial charge in [-0.25, -0.2) is 0 Å². The van der Waals surface area contributed by atoms with Crippen LogP contribution < -0.4 is 10.4 Å². The van der Waals surface area contributed by atoms with Crippen molar-refractivity contribution < 1.29 is 30.4 Å². The van der Waals surface area contributed by atoms with Crippen LogP contribution in [-0.4, -0.2) is 18.3 Å². The minimum Gasteiger partial charge on any atom is 0 e. The van der Waals surface area contributed by atoms with Crippen molar-refractivity contribution in [2.45, 2.75) is 95.8 Å². The van der Waals surface area contributed by atoms with Gasteiger partial charge in [-0.3, -0.25) is 0 Å². The van der Waals surface area contributed by atoms with Crippen molar-refractivity contribution in [1.29, 1.82) is 0 Å². The summed E-state index contributed by atoms with van der Waals surface area (Å²) in [5.74, 6) is 7.34. The third-order valence-electron chi connectivity index (χ3n) is 6.42. The Kier molecular flexibility index (Phi) is 22.8. The van der Waals surface area contributed by atoms with E-state index in [4.69, 9.17) is 9.30 Å². The molecule has 2 nitrogen and oxygen atoms in total. The van der Waals surface area contributed by atoms with Gasteiger partial charge < -0.3 is 0 Å². The van der Waals surface area contributed by atoms with Gasteiger partial charge in [0.25, 0.3) is 0 Å². The third-order valence-corrected chi connectivity index (χ3v) is 8.49. The first-order valence-corrected chi connectivity index (χ1v) is 16.5. The first-order valence-electron chi connectivity index (χ1n) is 12.5. The summed E-state index contributed by atoms with van der Waals surface area (Å²) in [7, 11) is 0.885. The second-order valence-corrected chi connectivity index (χ2v) is 14.5. The fourth-order valence-corrected chi connectivity index (χ4v) is 5.61. The van der Waals surface area contributed by atoms with E-state index in [0.717, 1.165) is 9.52 Å². The topological polar surface area (TPSA) is 39.8 Å². The van der Waals surface area contributed by atoms with Crippen LogP contribution in [0, 0.1) is 84.4 Å². The maximum Gasteiger partial charge on any atom is 0 e. The molecule has 1 fully saturated rings. The Labute approximate surface area is 254 Å². The van der Waals surface area contributed by atoms with Crippen LogP contribution in [0.2, 0.25) is 19.6 Å². The summed E-state index contributed by atoms with van der Waals surface area (Å²) in [6.07, 6.45) is 0. The Bertz CT molecular complexity index is 842. The van der Waals surface area contributed by atoms with Crippen LogP contribution in [0.15, 0.2) is 24.3 Å². The quantitative estimate of drug-likeness (QED) is 0.189. The van der Waals surface area contributed by atoms with Crippen LogP contribution in [0.3, 0.4) is 0 Å². The fraction of sp³-hybridized carbons (Fsp3) is 0.424. The normalized spacial score (nSPS) is 14.0. The molecule has 2 aromatic rings. The largest absolute Gasteiger partial charge is 0 e. The molecule has 0 bridgehead atoms. The van der Waals surface area contributed by atoms with E-state index in [-0.39, 0.29) is 29.9 Å². The standard InChI is InChI=1S/C18H22Si.C10H15.C3H9Si.2CO.Mo/c1-11-7-13(3)17(14(4)8-11)19-18-15(5)9-12(2)10-16(18)6;1-6-7(2)9(4)10(5)8(6)3;1-4(2)3;2*1-2;/h7-10H,1-6H3;1-5H3;1-3H3;;;. The molecule has 1 aliphatic rings. The summed E-state index contributed by atoms with van der Waals surface area (Å²) in [5.41, 5.74) is 8.43. The molecule has 0 aliphatic heterocycles. The van der Waals surface area contributed by atoms with E-state index in [2.05, 4.69) is 133 Å². The Hall–Kier alpha value is -0.958. The van der Waals surface area contributed by atoms with Gasteiger partial charge >= 0.3 is 22.6 Å². The van der Waals surface area contributed by atoms with Crippen molar-refractivity contribution in [2.24, 2.45) is 0 Å². The Balaban J connectivity index is -0.000000544. The van der Waals surface area contributed by atoms with Crippen molar-refractivity contribution in [2.75, 3.05) is 0 Å². The van der Waals surface area contributed by atoms with Crippen LogP contribution in [0.25, 0.3) is 0 Å². The average molecular weight is 627 g/mol. The summed E-state index contributed by atoms with van der Waals surface area (Å²) in [6.45, 7) is 40.1. The number of hydrogen-bond acceptors (Lipinski definition) is 0. The smallest absolute Gasteiger partial charge is 0 e. The van der Waals surface area contributed by atoms with Crippen molar-refractivity contribution >= 4 is 28.7 Å². The molecule has 0 spiro atoms. The number of benzene rings is 2. The molecule has 3 rings (SSSR count). The van der Waals surface area contributed by atoms with Crippen molar-refractivity contribution in [3.05, 3.63) is 101 Å². The second-order valence-electron chi connectivity index (χ2n) is 10.3. The molecule has 204 valence electrons. The first-order chi connectivity index (χ1) is 17.2. The molecule has 0 atom stereocenters. The van der Waals surface area contributed by atoms with E-state index >= 15 is 0 Å². The van der Waals surface area contributed by atoms with Gasteiger partial charge in [0, 0.05) is 29.9 Å². The molecule has 0 aromatic heterocycles. The van der Waals surface area contributed by atoms with Crippen LogP contribution in [0.5, 0.6) is 0 Å². The summed E-state index contributed by atoms with van der Waals surface area (Å²) in [5, 5.41) is 3.03. The van der Waals surface area contributed by atoms with Gasteiger partial charge in [0.05, 0.1) is 0 Å². The second kappa shape index (κ2) is 20.9. The monoisotopic (exact) mass is 628 g/mol. The van der Waals surface area contributed by atoms with E-state index in [1.54, 1.807) is 0 Å². The Morgan fingerprint density at radius 2 is 0.632 bits per heavy atom. The molecular weight excluding hydrogens is 580 g/mol. The number of hydrogen-bond donors (Lipinski definition) is 0. The molecule has 38 heavy (non-hydrogen) atoms. The molecule has 1 aliphatic carbocycles.